The van der Waals surface area contributed by atoms with E-state index in [0.717, 1.165) is 12.2 Å². The molecule has 1 unspecified atom stereocenters. The van der Waals surface area contributed by atoms with Gasteiger partial charge in [0.2, 0.25) is 0 Å². The standard InChI is InChI=1S/C15H23NO2S/c1-5-12(11-19-4)16(2)10-14(17)13-8-6-7-9-15(13)18-3/h6-9,12H,5,10-11H2,1-4H3. The number of hydrogen-bond donors (Lipinski definition) is 0. The van der Waals surface area contributed by atoms with Gasteiger partial charge < -0.3 is 4.74 Å². The number of likely N-dealkylation sites (N-methyl/N-ethyl adjacent to an activating group) is 1. The molecule has 1 rings (SSSR count). The highest BCUT2D eigenvalue weighted by Gasteiger charge is 2.18. The fraction of sp³-hybridized carbons (Fsp3) is 0.533. The minimum atomic E-state index is 0.111. The summed E-state index contributed by atoms with van der Waals surface area (Å²) in [4.78, 5) is 14.5. The molecule has 1 aromatic carbocycles. The van der Waals surface area contributed by atoms with E-state index >= 15 is 0 Å². The molecule has 0 aliphatic carbocycles. The molecule has 106 valence electrons. The maximum absolute atomic E-state index is 12.3. The van der Waals surface area contributed by atoms with Crippen LogP contribution in [0.15, 0.2) is 24.3 Å². The molecule has 3 nitrogen and oxygen atoms in total. The molecule has 0 aliphatic heterocycles. The molecule has 0 aliphatic rings. The normalized spacial score (nSPS) is 12.5. The topological polar surface area (TPSA) is 29.5 Å². The van der Waals surface area contributed by atoms with Gasteiger partial charge in [0.15, 0.2) is 5.78 Å². The predicted molar refractivity (Wildman–Crippen MR) is 82.4 cm³/mol. The number of rotatable bonds is 8. The Hall–Kier alpha value is -1.00. The Bertz CT molecular complexity index is 409. The summed E-state index contributed by atoms with van der Waals surface area (Å²) in [5.41, 5.74) is 0.663. The number of benzene rings is 1. The van der Waals surface area contributed by atoms with Crippen LogP contribution in [0.4, 0.5) is 0 Å². The summed E-state index contributed by atoms with van der Waals surface area (Å²) in [7, 11) is 3.61. The van der Waals surface area contributed by atoms with Gasteiger partial charge in [-0.15, -0.1) is 0 Å². The van der Waals surface area contributed by atoms with Gasteiger partial charge in [0.1, 0.15) is 5.75 Å². The van der Waals surface area contributed by atoms with E-state index in [1.165, 1.54) is 0 Å². The molecule has 0 bridgehead atoms. The Kier molecular flexibility index (Phi) is 6.95. The van der Waals surface area contributed by atoms with Crippen molar-refractivity contribution < 1.29 is 9.53 Å². The number of carbonyl (C=O) groups is 1. The Labute approximate surface area is 120 Å². The molecule has 0 heterocycles. The van der Waals surface area contributed by atoms with Crippen LogP contribution in [0.3, 0.4) is 0 Å². The third kappa shape index (κ3) is 4.55. The zero-order chi connectivity index (χ0) is 14.3. The van der Waals surface area contributed by atoms with Crippen LogP contribution in [0.2, 0.25) is 0 Å². The molecule has 0 aromatic heterocycles. The molecule has 0 N–H and O–H groups in total. The van der Waals surface area contributed by atoms with Crippen LogP contribution >= 0.6 is 11.8 Å². The van der Waals surface area contributed by atoms with E-state index in [1.807, 2.05) is 43.1 Å². The van der Waals surface area contributed by atoms with E-state index in [4.69, 9.17) is 4.74 Å². The van der Waals surface area contributed by atoms with Crippen molar-refractivity contribution >= 4 is 17.5 Å². The van der Waals surface area contributed by atoms with Gasteiger partial charge >= 0.3 is 0 Å². The number of para-hydroxylation sites is 1. The highest BCUT2D eigenvalue weighted by atomic mass is 32.2. The number of hydrogen-bond acceptors (Lipinski definition) is 4. The zero-order valence-electron chi connectivity index (χ0n) is 12.2. The summed E-state index contributed by atoms with van der Waals surface area (Å²) in [5.74, 6) is 1.81. The first-order valence-corrected chi connectivity index (χ1v) is 7.88. The molecule has 1 aromatic rings. The van der Waals surface area contributed by atoms with Crippen LogP contribution in [-0.2, 0) is 0 Å². The molecule has 0 spiro atoms. The molecular weight excluding hydrogens is 258 g/mol. The summed E-state index contributed by atoms with van der Waals surface area (Å²) in [5, 5.41) is 0. The lowest BCUT2D eigenvalue weighted by atomic mass is 10.1. The van der Waals surface area contributed by atoms with Gasteiger partial charge in [-0.05, 0) is 31.9 Å². The minimum Gasteiger partial charge on any atom is -0.496 e. The van der Waals surface area contributed by atoms with Crippen molar-refractivity contribution in [2.45, 2.75) is 19.4 Å². The van der Waals surface area contributed by atoms with Crippen molar-refractivity contribution in [3.05, 3.63) is 29.8 Å². The van der Waals surface area contributed by atoms with E-state index in [2.05, 4.69) is 18.1 Å². The van der Waals surface area contributed by atoms with Crippen LogP contribution in [-0.4, -0.2) is 49.4 Å². The van der Waals surface area contributed by atoms with Crippen molar-refractivity contribution in [2.75, 3.05) is 32.7 Å². The second kappa shape index (κ2) is 8.23. The Morgan fingerprint density at radius 3 is 2.68 bits per heavy atom. The number of methoxy groups -OCH3 is 1. The molecule has 4 heteroatoms. The van der Waals surface area contributed by atoms with E-state index in [1.54, 1.807) is 7.11 Å². The first-order valence-electron chi connectivity index (χ1n) is 6.49. The molecule has 0 saturated carbocycles. The molecule has 1 atom stereocenters. The zero-order valence-corrected chi connectivity index (χ0v) is 13.0. The van der Waals surface area contributed by atoms with Gasteiger partial charge in [-0.25, -0.2) is 0 Å². The number of ketones is 1. The van der Waals surface area contributed by atoms with Crippen molar-refractivity contribution in [3.63, 3.8) is 0 Å². The van der Waals surface area contributed by atoms with E-state index in [9.17, 15) is 4.79 Å². The largest absolute Gasteiger partial charge is 0.496 e. The van der Waals surface area contributed by atoms with Crippen LogP contribution < -0.4 is 4.74 Å². The highest BCUT2D eigenvalue weighted by Crippen LogP contribution is 2.19. The second-order valence-electron chi connectivity index (χ2n) is 4.56. The smallest absolute Gasteiger partial charge is 0.180 e. The Balaban J connectivity index is 2.73. The summed E-state index contributed by atoms with van der Waals surface area (Å²) < 4.78 is 5.24. The van der Waals surface area contributed by atoms with Gasteiger partial charge in [-0.1, -0.05) is 19.1 Å². The van der Waals surface area contributed by atoms with Gasteiger partial charge in [0.05, 0.1) is 19.2 Å². The summed E-state index contributed by atoms with van der Waals surface area (Å²) >= 11 is 1.82. The Morgan fingerprint density at radius 2 is 2.11 bits per heavy atom. The summed E-state index contributed by atoms with van der Waals surface area (Å²) in [6.45, 7) is 2.59. The molecule has 0 saturated heterocycles. The average Bonchev–Trinajstić information content (AvgIpc) is 2.44. The predicted octanol–water partition coefficient (Wildman–Crippen LogP) is 2.95. The lowest BCUT2D eigenvalue weighted by Crippen LogP contribution is -2.37. The van der Waals surface area contributed by atoms with Crippen molar-refractivity contribution in [1.82, 2.24) is 4.90 Å². The maximum Gasteiger partial charge on any atom is 0.180 e. The lowest BCUT2D eigenvalue weighted by molar-refractivity contribution is 0.0922. The van der Waals surface area contributed by atoms with Gasteiger partial charge in [-0.3, -0.25) is 9.69 Å². The van der Waals surface area contributed by atoms with Crippen LogP contribution in [0.1, 0.15) is 23.7 Å². The molecule has 19 heavy (non-hydrogen) atoms. The van der Waals surface area contributed by atoms with Crippen LogP contribution in [0.25, 0.3) is 0 Å². The molecular formula is C15H23NO2S. The lowest BCUT2D eigenvalue weighted by Gasteiger charge is -2.26. The highest BCUT2D eigenvalue weighted by molar-refractivity contribution is 7.98. The van der Waals surface area contributed by atoms with Crippen molar-refractivity contribution in [3.8, 4) is 5.75 Å². The first kappa shape index (κ1) is 16.1. The number of Topliss-reactive ketones (excluding diaryl/α,β-unsaturated/α-hetero) is 1. The third-order valence-electron chi connectivity index (χ3n) is 3.25. The number of thioether (sulfide) groups is 1. The fourth-order valence-electron chi connectivity index (χ4n) is 2.06. The first-order chi connectivity index (χ1) is 9.13. The Morgan fingerprint density at radius 1 is 1.42 bits per heavy atom. The van der Waals surface area contributed by atoms with Crippen molar-refractivity contribution in [1.29, 1.82) is 0 Å². The van der Waals surface area contributed by atoms with Gasteiger partial charge in [0.25, 0.3) is 0 Å². The van der Waals surface area contributed by atoms with Gasteiger partial charge in [-0.2, -0.15) is 11.8 Å². The SMILES string of the molecule is CCC(CSC)N(C)CC(=O)c1ccccc1OC. The number of carbonyl (C=O) groups excluding carboxylic acids is 1. The minimum absolute atomic E-state index is 0.111. The van der Waals surface area contributed by atoms with E-state index < -0.39 is 0 Å². The van der Waals surface area contributed by atoms with E-state index in [0.29, 0.717) is 23.9 Å². The van der Waals surface area contributed by atoms with Crippen molar-refractivity contribution in [2.24, 2.45) is 0 Å². The third-order valence-corrected chi connectivity index (χ3v) is 3.97. The average molecular weight is 281 g/mol. The fourth-order valence-corrected chi connectivity index (χ4v) is 2.94. The van der Waals surface area contributed by atoms with Crippen LogP contribution in [0, 0.1) is 0 Å². The maximum atomic E-state index is 12.3. The van der Waals surface area contributed by atoms with Gasteiger partial charge in [0, 0.05) is 11.8 Å². The van der Waals surface area contributed by atoms with Crippen LogP contribution in [0.5, 0.6) is 5.75 Å². The molecule has 0 amide bonds. The number of nitrogens with zero attached hydrogens (tertiary/aromatic N) is 1. The van der Waals surface area contributed by atoms with E-state index in [-0.39, 0.29) is 5.78 Å². The summed E-state index contributed by atoms with van der Waals surface area (Å²) in [6.07, 6.45) is 3.15. The molecule has 0 radical (unpaired) electrons. The molecule has 0 fully saturated rings. The summed E-state index contributed by atoms with van der Waals surface area (Å²) in [6, 6.07) is 7.84. The monoisotopic (exact) mass is 281 g/mol. The number of ether oxygens (including phenoxy) is 1. The quantitative estimate of drug-likeness (QED) is 0.685. The second-order valence-corrected chi connectivity index (χ2v) is 5.47.